The number of carbonyl (C=O) groups excluding carboxylic acids is 1. The van der Waals surface area contributed by atoms with Gasteiger partial charge in [0, 0.05) is 92.9 Å². The van der Waals surface area contributed by atoms with Crippen LogP contribution in [-0.4, -0.2) is 101 Å². The number of benzene rings is 4. The zero-order valence-electron chi connectivity index (χ0n) is 51.6. The van der Waals surface area contributed by atoms with Gasteiger partial charge in [-0.3, -0.25) is 29.3 Å². The fourth-order valence-corrected chi connectivity index (χ4v) is 10.7. The average molecular weight is 1230 g/mol. The molecule has 0 bridgehead atoms. The highest BCUT2D eigenvalue weighted by Gasteiger charge is 2.23. The number of Topliss-reactive ketones (excluding diaryl/α,β-unsaturated/α-hetero) is 1. The molecule has 12 rings (SSSR count). The third-order valence-electron chi connectivity index (χ3n) is 15.8. The number of aryl methyl sites for hydroxylation is 2. The predicted octanol–water partition coefficient (Wildman–Crippen LogP) is 12.4. The summed E-state index contributed by atoms with van der Waals surface area (Å²) >= 11 is 0. The van der Waals surface area contributed by atoms with Gasteiger partial charge >= 0.3 is 5.97 Å². The van der Waals surface area contributed by atoms with Gasteiger partial charge < -0.3 is 57.9 Å². The van der Waals surface area contributed by atoms with E-state index in [0.29, 0.717) is 114 Å². The molecule has 0 amide bonds. The highest BCUT2D eigenvalue weighted by atomic mass is 16.5. The smallest absolute Gasteiger partial charge is 0.341 e. The van der Waals surface area contributed by atoms with Gasteiger partial charge in [0.05, 0.1) is 63.9 Å². The van der Waals surface area contributed by atoms with Crippen LogP contribution in [-0.2, 0) is 29.0 Å². The number of aromatic nitrogens is 6. The summed E-state index contributed by atoms with van der Waals surface area (Å²) in [5.41, 5.74) is 12.5. The lowest BCUT2D eigenvalue weighted by atomic mass is 9.98. The van der Waals surface area contributed by atoms with Gasteiger partial charge in [0.1, 0.15) is 34.4 Å². The fourth-order valence-electron chi connectivity index (χ4n) is 10.7. The Labute approximate surface area is 525 Å². The largest absolute Gasteiger partial charge is 0.493 e. The van der Waals surface area contributed by atoms with Crippen LogP contribution < -0.4 is 45.3 Å². The second-order valence-corrected chi connectivity index (χ2v) is 22.1. The third-order valence-corrected chi connectivity index (χ3v) is 15.8. The number of carboxylic acids is 1. The first kappa shape index (κ1) is 63.6. The van der Waals surface area contributed by atoms with Crippen LogP contribution in [0.1, 0.15) is 63.2 Å². The zero-order chi connectivity index (χ0) is 64.0. The first-order valence-corrected chi connectivity index (χ1v) is 29.8. The molecular formula is C71H71N7O13. The Morgan fingerprint density at radius 1 is 0.516 bits per heavy atom. The monoisotopic (exact) mass is 1230 g/mol. The summed E-state index contributed by atoms with van der Waals surface area (Å²) in [6.07, 6.45) is 13.7. The Kier molecular flexibility index (Phi) is 20.8. The number of methoxy groups -OCH3 is 4. The Hall–Kier alpha value is -10.4. The molecule has 0 radical (unpaired) electrons. The highest BCUT2D eigenvalue weighted by molar-refractivity contribution is 5.98. The van der Waals surface area contributed by atoms with Gasteiger partial charge in [-0.05, 0) is 134 Å². The van der Waals surface area contributed by atoms with Crippen LogP contribution in [0.2, 0.25) is 0 Å². The van der Waals surface area contributed by atoms with Crippen molar-refractivity contribution in [1.82, 2.24) is 29.1 Å². The van der Waals surface area contributed by atoms with Crippen LogP contribution in [0.15, 0.2) is 168 Å². The third kappa shape index (κ3) is 15.9. The van der Waals surface area contributed by atoms with Crippen LogP contribution in [0.4, 0.5) is 5.82 Å². The van der Waals surface area contributed by atoms with Crippen molar-refractivity contribution in [3.63, 3.8) is 0 Å². The number of ketones is 1. The molecule has 20 heteroatoms. The van der Waals surface area contributed by atoms with Gasteiger partial charge in [0.25, 0.3) is 11.1 Å². The van der Waals surface area contributed by atoms with Crippen molar-refractivity contribution in [2.45, 2.75) is 59.0 Å². The van der Waals surface area contributed by atoms with Crippen molar-refractivity contribution < 1.29 is 52.6 Å². The quantitative estimate of drug-likeness (QED) is 0.0758. The lowest BCUT2D eigenvalue weighted by Gasteiger charge is -2.23. The topological polar surface area (TPSA) is 250 Å². The predicted molar refractivity (Wildman–Crippen MR) is 347 cm³/mol. The van der Waals surface area contributed by atoms with Gasteiger partial charge in [-0.15, -0.1) is 0 Å². The highest BCUT2D eigenvalue weighted by Crippen LogP contribution is 2.39. The Morgan fingerprint density at radius 3 is 1.36 bits per heavy atom. The number of aromatic carboxylic acids is 1. The summed E-state index contributed by atoms with van der Waals surface area (Å²) in [6, 6.07) is 36.8. The number of nitrogen functional groups attached to an aromatic ring is 1. The standard InChI is InChI=1S/C36H35N3O6.C19H21NO4.C16H15N3O3/c1-23-4-6-25(7-5-23)26-16-30(36(41)39(22-26)21-24-11-14-44-15-12-24)32(40)17-27-8-9-28(20-38-27)45-33-10-13-37-31-19-35(43-3)34(42-2)18-29(31)33;1-13-2-4-15(5-3-13)16-10-17(19(22)23)18(21)20(12-16)11-14-6-8-24-9-7-14;1-20-14-7-11-12(8-15(14)21-2)18-6-5-13(11)22-10-3-4-16(17)19-9-10/h4-10,13,16,18-20,22,24H,11-12,14-15,17,21H2,1-3H3;2-5,10,12,14H,6-9,11H2,1H3,(H,22,23);3-9H,1-2H3,(H2,17,19). The van der Waals surface area contributed by atoms with Gasteiger partial charge in [-0.2, -0.15) is 0 Å². The summed E-state index contributed by atoms with van der Waals surface area (Å²) in [4.78, 5) is 68.4. The van der Waals surface area contributed by atoms with E-state index in [4.69, 9.17) is 43.6 Å². The molecule has 2 fully saturated rings. The molecule has 2 saturated heterocycles. The first-order chi connectivity index (χ1) is 44.2. The zero-order valence-corrected chi connectivity index (χ0v) is 51.6. The number of hydrogen-bond donors (Lipinski definition) is 2. The minimum Gasteiger partial charge on any atom is -0.493 e. The molecule has 4 aromatic carbocycles. The molecule has 0 unspecified atom stereocenters. The summed E-state index contributed by atoms with van der Waals surface area (Å²) < 4.78 is 47.6. The van der Waals surface area contributed by atoms with Crippen LogP contribution in [0.25, 0.3) is 44.1 Å². The van der Waals surface area contributed by atoms with Crippen LogP contribution in [0.3, 0.4) is 0 Å². The summed E-state index contributed by atoms with van der Waals surface area (Å²) in [7, 11) is 6.32. The molecule has 2 aliphatic heterocycles. The SMILES string of the molecule is COc1cc2nccc(Oc3ccc(CC(=O)c4cc(-c5ccc(C)cc5)cn(CC5CCOCC5)c4=O)nc3)c2cc1OC.COc1cc2nccc(Oc3ccc(N)nc3)c2cc1OC.Cc1ccc(-c2cc(C(=O)O)c(=O)n(CC3CCOCC3)c2)cc1. The number of carboxylic acid groups (broad SMARTS) is 1. The second kappa shape index (κ2) is 29.7. The van der Waals surface area contributed by atoms with Crippen molar-refractivity contribution in [3.8, 4) is 68.2 Å². The molecule has 20 nitrogen and oxygen atoms in total. The van der Waals surface area contributed by atoms with E-state index >= 15 is 0 Å². The number of rotatable bonds is 18. The van der Waals surface area contributed by atoms with Gasteiger partial charge in [-0.1, -0.05) is 59.7 Å². The summed E-state index contributed by atoms with van der Waals surface area (Å²) in [5.74, 6) is 4.32. The number of nitrogens with two attached hydrogens (primary N) is 1. The lowest BCUT2D eigenvalue weighted by molar-refractivity contribution is 0.0605. The molecule has 8 heterocycles. The van der Waals surface area contributed by atoms with E-state index in [1.807, 2.05) is 86.8 Å². The van der Waals surface area contributed by atoms with E-state index in [1.165, 1.54) is 6.07 Å². The Balaban J connectivity index is 0.000000166. The average Bonchev–Trinajstić information content (AvgIpc) is 1.05. The number of carbonyl (C=O) groups is 2. The minimum absolute atomic E-state index is 0.0146. The Bertz CT molecular complexity index is 4300. The molecule has 10 aromatic rings. The molecule has 6 aromatic heterocycles. The number of fused-ring (bicyclic) bond motifs is 2. The number of anilines is 1. The maximum Gasteiger partial charge on any atom is 0.341 e. The van der Waals surface area contributed by atoms with Crippen molar-refractivity contribution in [3.05, 3.63) is 207 Å². The van der Waals surface area contributed by atoms with Crippen molar-refractivity contribution in [1.29, 1.82) is 0 Å². The maximum absolute atomic E-state index is 13.6. The fraction of sp³-hybridized carbons (Fsp3) is 0.268. The van der Waals surface area contributed by atoms with E-state index in [2.05, 4.69) is 19.9 Å². The van der Waals surface area contributed by atoms with Crippen LogP contribution >= 0.6 is 0 Å². The maximum atomic E-state index is 13.6. The van der Waals surface area contributed by atoms with E-state index in [-0.39, 0.29) is 28.9 Å². The van der Waals surface area contributed by atoms with E-state index in [0.717, 1.165) is 75.4 Å². The number of hydrogen-bond acceptors (Lipinski definition) is 17. The molecular weight excluding hydrogens is 1160 g/mol. The summed E-state index contributed by atoms with van der Waals surface area (Å²) in [6.45, 7) is 7.88. The van der Waals surface area contributed by atoms with Crippen LogP contribution in [0.5, 0.6) is 46.0 Å². The lowest BCUT2D eigenvalue weighted by Crippen LogP contribution is -2.31. The molecule has 468 valence electrons. The van der Waals surface area contributed by atoms with Crippen molar-refractivity contribution in [2.75, 3.05) is 60.6 Å². The second-order valence-electron chi connectivity index (χ2n) is 22.1. The molecule has 0 atom stereocenters. The molecule has 3 N–H and O–H groups in total. The van der Waals surface area contributed by atoms with Crippen LogP contribution in [0, 0.1) is 25.7 Å². The first-order valence-electron chi connectivity index (χ1n) is 29.8. The molecule has 0 saturated carbocycles. The molecule has 0 spiro atoms. The van der Waals surface area contributed by atoms with Crippen molar-refractivity contribution >= 4 is 39.4 Å². The molecule has 0 aliphatic carbocycles. The Morgan fingerprint density at radius 2 is 0.945 bits per heavy atom. The van der Waals surface area contributed by atoms with Gasteiger partial charge in [-0.25, -0.2) is 9.78 Å². The van der Waals surface area contributed by atoms with E-state index in [1.54, 1.807) is 117 Å². The van der Waals surface area contributed by atoms with E-state index in [9.17, 15) is 24.3 Å². The van der Waals surface area contributed by atoms with Gasteiger partial charge in [0.15, 0.2) is 28.8 Å². The normalized spacial score (nSPS) is 13.3. The van der Waals surface area contributed by atoms with Gasteiger partial charge in [0.2, 0.25) is 0 Å². The van der Waals surface area contributed by atoms with E-state index < -0.39 is 11.5 Å². The molecule has 2 aliphatic rings. The van der Waals surface area contributed by atoms with Crippen molar-refractivity contribution in [2.24, 2.45) is 11.8 Å². The summed E-state index contributed by atoms with van der Waals surface area (Å²) in [5, 5.41) is 10.9. The minimum atomic E-state index is -1.19. The molecule has 91 heavy (non-hydrogen) atoms. The number of ether oxygens (including phenoxy) is 8. The number of nitrogens with zero attached hydrogens (tertiary/aromatic N) is 6. The number of pyridine rings is 6.